The lowest BCUT2D eigenvalue weighted by Crippen LogP contribution is -2.41. The lowest BCUT2D eigenvalue weighted by molar-refractivity contribution is 0.268. The van der Waals surface area contributed by atoms with E-state index in [0.717, 1.165) is 19.3 Å². The zero-order chi connectivity index (χ0) is 12.5. The molecule has 1 N–H and O–H groups in total. The summed E-state index contributed by atoms with van der Waals surface area (Å²) >= 11 is 0. The Morgan fingerprint density at radius 2 is 2.00 bits per heavy atom. The minimum atomic E-state index is -3.56. The Labute approximate surface area is 102 Å². The van der Waals surface area contributed by atoms with Crippen LogP contribution in [-0.2, 0) is 10.0 Å². The average molecular weight is 255 g/mol. The lowest BCUT2D eigenvalue weighted by atomic mass is 10.1. The van der Waals surface area contributed by atoms with Crippen molar-refractivity contribution in [3.8, 4) is 5.75 Å². The van der Waals surface area contributed by atoms with Crippen LogP contribution in [0.3, 0.4) is 0 Å². The zero-order valence-electron chi connectivity index (χ0n) is 9.83. The summed E-state index contributed by atoms with van der Waals surface area (Å²) in [6, 6.07) is 6.11. The normalized spacial score (nSPS) is 22.5. The molecule has 1 aromatic carbocycles. The molecule has 1 saturated heterocycles. The minimum absolute atomic E-state index is 0.00774. The molecule has 1 aliphatic heterocycles. The molecule has 0 radical (unpaired) electrons. The van der Waals surface area contributed by atoms with Crippen LogP contribution in [0.4, 0.5) is 0 Å². The van der Waals surface area contributed by atoms with Crippen LogP contribution in [0.1, 0.15) is 26.2 Å². The van der Waals surface area contributed by atoms with Crippen molar-refractivity contribution in [3.05, 3.63) is 24.3 Å². The quantitative estimate of drug-likeness (QED) is 0.878. The second kappa shape index (κ2) is 4.66. The minimum Gasteiger partial charge on any atom is -0.507 e. The number of phenols is 1. The Hall–Kier alpha value is -1.07. The van der Waals surface area contributed by atoms with Crippen LogP contribution in [0.5, 0.6) is 5.75 Å². The van der Waals surface area contributed by atoms with E-state index in [-0.39, 0.29) is 16.7 Å². The van der Waals surface area contributed by atoms with E-state index in [1.807, 2.05) is 6.92 Å². The molecule has 4 nitrogen and oxygen atoms in total. The molecule has 1 fully saturated rings. The van der Waals surface area contributed by atoms with Gasteiger partial charge in [0.25, 0.3) is 0 Å². The Morgan fingerprint density at radius 1 is 1.29 bits per heavy atom. The molecule has 0 spiro atoms. The van der Waals surface area contributed by atoms with Gasteiger partial charge in [-0.2, -0.15) is 4.31 Å². The van der Waals surface area contributed by atoms with Crippen molar-refractivity contribution < 1.29 is 13.5 Å². The lowest BCUT2D eigenvalue weighted by Gasteiger charge is -2.32. The summed E-state index contributed by atoms with van der Waals surface area (Å²) < 4.78 is 26.3. The monoisotopic (exact) mass is 255 g/mol. The number of aromatic hydroxyl groups is 1. The van der Waals surface area contributed by atoms with E-state index in [2.05, 4.69) is 0 Å². The van der Waals surface area contributed by atoms with E-state index in [9.17, 15) is 13.5 Å². The maximum atomic E-state index is 12.4. The molecule has 1 unspecified atom stereocenters. The summed E-state index contributed by atoms with van der Waals surface area (Å²) in [4.78, 5) is 0.00810. The predicted octanol–water partition coefficient (Wildman–Crippen LogP) is 1.96. The van der Waals surface area contributed by atoms with Crippen LogP contribution in [-0.4, -0.2) is 30.4 Å². The summed E-state index contributed by atoms with van der Waals surface area (Å²) in [5.41, 5.74) is 0. The van der Waals surface area contributed by atoms with Crippen LogP contribution in [0.2, 0.25) is 0 Å². The van der Waals surface area contributed by atoms with E-state index in [4.69, 9.17) is 0 Å². The molecular weight excluding hydrogens is 238 g/mol. The highest BCUT2D eigenvalue weighted by molar-refractivity contribution is 7.89. The van der Waals surface area contributed by atoms with Crippen LogP contribution >= 0.6 is 0 Å². The smallest absolute Gasteiger partial charge is 0.246 e. The molecule has 2 rings (SSSR count). The zero-order valence-corrected chi connectivity index (χ0v) is 10.7. The molecule has 1 aliphatic rings. The van der Waals surface area contributed by atoms with Gasteiger partial charge in [-0.3, -0.25) is 0 Å². The van der Waals surface area contributed by atoms with Gasteiger partial charge in [0.15, 0.2) is 0 Å². The molecule has 1 heterocycles. The average Bonchev–Trinajstić information content (AvgIpc) is 2.29. The van der Waals surface area contributed by atoms with E-state index in [1.165, 1.54) is 16.4 Å². The number of sulfonamides is 1. The van der Waals surface area contributed by atoms with Gasteiger partial charge in [0.2, 0.25) is 10.0 Å². The molecule has 17 heavy (non-hydrogen) atoms. The first kappa shape index (κ1) is 12.4. The molecule has 0 saturated carbocycles. The van der Waals surface area contributed by atoms with Gasteiger partial charge in [0.05, 0.1) is 0 Å². The molecule has 0 amide bonds. The molecule has 0 aromatic heterocycles. The first-order valence-electron chi connectivity index (χ1n) is 5.83. The van der Waals surface area contributed by atoms with Crippen LogP contribution in [0.25, 0.3) is 0 Å². The Bertz CT molecular complexity index is 498. The Balaban J connectivity index is 2.39. The maximum absolute atomic E-state index is 12.4. The highest BCUT2D eigenvalue weighted by atomic mass is 32.2. The third-order valence-electron chi connectivity index (χ3n) is 3.19. The van der Waals surface area contributed by atoms with Gasteiger partial charge in [0, 0.05) is 12.6 Å². The van der Waals surface area contributed by atoms with Crippen molar-refractivity contribution in [2.75, 3.05) is 6.54 Å². The first-order valence-corrected chi connectivity index (χ1v) is 7.27. The fourth-order valence-corrected chi connectivity index (χ4v) is 4.01. The van der Waals surface area contributed by atoms with Crippen LogP contribution in [0.15, 0.2) is 29.2 Å². The van der Waals surface area contributed by atoms with E-state index < -0.39 is 10.0 Å². The van der Waals surface area contributed by atoms with Gasteiger partial charge in [0.1, 0.15) is 10.6 Å². The van der Waals surface area contributed by atoms with Gasteiger partial charge in [-0.05, 0) is 31.9 Å². The van der Waals surface area contributed by atoms with Crippen molar-refractivity contribution in [3.63, 3.8) is 0 Å². The van der Waals surface area contributed by atoms with Gasteiger partial charge in [-0.1, -0.05) is 18.6 Å². The third-order valence-corrected chi connectivity index (χ3v) is 5.25. The summed E-state index contributed by atoms with van der Waals surface area (Å²) in [5.74, 6) is -0.176. The third kappa shape index (κ3) is 2.30. The van der Waals surface area contributed by atoms with Crippen molar-refractivity contribution in [2.24, 2.45) is 0 Å². The topological polar surface area (TPSA) is 57.6 Å². The molecule has 1 atom stereocenters. The number of hydrogen-bond donors (Lipinski definition) is 1. The number of nitrogens with zero attached hydrogens (tertiary/aromatic N) is 1. The standard InChI is InChI=1S/C12H17NO3S/c1-10-6-4-5-9-13(10)17(15,16)12-8-3-2-7-11(12)14/h2-3,7-8,10,14H,4-6,9H2,1H3. The van der Waals surface area contributed by atoms with Crippen LogP contribution in [0, 0.1) is 0 Å². The summed E-state index contributed by atoms with van der Waals surface area (Å²) in [6.07, 6.45) is 2.83. The summed E-state index contributed by atoms with van der Waals surface area (Å²) in [5, 5.41) is 9.66. The molecular formula is C12H17NO3S. The maximum Gasteiger partial charge on any atom is 0.246 e. The first-order chi connectivity index (χ1) is 8.03. The predicted molar refractivity (Wildman–Crippen MR) is 65.3 cm³/mol. The SMILES string of the molecule is CC1CCCCN1S(=O)(=O)c1ccccc1O. The highest BCUT2D eigenvalue weighted by Gasteiger charge is 2.32. The number of hydrogen-bond acceptors (Lipinski definition) is 3. The van der Waals surface area contributed by atoms with Crippen molar-refractivity contribution in [1.29, 1.82) is 0 Å². The number of piperidine rings is 1. The van der Waals surface area contributed by atoms with Gasteiger partial charge >= 0.3 is 0 Å². The van der Waals surface area contributed by atoms with Gasteiger partial charge in [-0.25, -0.2) is 8.42 Å². The van der Waals surface area contributed by atoms with Gasteiger partial charge < -0.3 is 5.11 Å². The van der Waals surface area contributed by atoms with Gasteiger partial charge in [-0.15, -0.1) is 0 Å². The fourth-order valence-electron chi connectivity index (χ4n) is 2.23. The van der Waals surface area contributed by atoms with E-state index in [0.29, 0.717) is 6.54 Å². The molecule has 0 bridgehead atoms. The largest absolute Gasteiger partial charge is 0.507 e. The van der Waals surface area contributed by atoms with Crippen molar-refractivity contribution >= 4 is 10.0 Å². The molecule has 94 valence electrons. The van der Waals surface area contributed by atoms with Crippen molar-refractivity contribution in [2.45, 2.75) is 37.1 Å². The number of rotatable bonds is 2. The molecule has 0 aliphatic carbocycles. The molecule has 1 aromatic rings. The van der Waals surface area contributed by atoms with E-state index >= 15 is 0 Å². The summed E-state index contributed by atoms with van der Waals surface area (Å²) in [6.45, 7) is 2.45. The fraction of sp³-hybridized carbons (Fsp3) is 0.500. The Morgan fingerprint density at radius 3 is 2.65 bits per heavy atom. The number of para-hydroxylation sites is 1. The van der Waals surface area contributed by atoms with E-state index in [1.54, 1.807) is 12.1 Å². The van der Waals surface area contributed by atoms with Crippen LogP contribution < -0.4 is 0 Å². The van der Waals surface area contributed by atoms with Crippen molar-refractivity contribution in [1.82, 2.24) is 4.31 Å². The highest BCUT2D eigenvalue weighted by Crippen LogP contribution is 2.29. The second-order valence-corrected chi connectivity index (χ2v) is 6.29. The Kier molecular flexibility index (Phi) is 3.40. The number of phenolic OH excluding ortho intramolecular Hbond substituents is 1. The second-order valence-electron chi connectivity index (χ2n) is 4.43. The number of benzene rings is 1. The molecule has 5 heteroatoms. The summed E-state index contributed by atoms with van der Waals surface area (Å²) in [7, 11) is -3.56.